The molecule has 3 aliphatic rings. The van der Waals surface area contributed by atoms with Gasteiger partial charge in [0.15, 0.2) is 0 Å². The Bertz CT molecular complexity index is 784. The molecule has 2 N–H and O–H groups in total. The maximum Gasteiger partial charge on any atom is 0.0578 e. The van der Waals surface area contributed by atoms with Gasteiger partial charge in [-0.3, -0.25) is 0 Å². The lowest BCUT2D eigenvalue weighted by Crippen LogP contribution is -2.67. The second-order valence-corrected chi connectivity index (χ2v) is 8.72. The van der Waals surface area contributed by atoms with Gasteiger partial charge in [0.05, 0.1) is 11.1 Å². The van der Waals surface area contributed by atoms with Gasteiger partial charge in [0.25, 0.3) is 0 Å². The number of nitrogens with one attached hydrogen (secondary N) is 2. The summed E-state index contributed by atoms with van der Waals surface area (Å²) in [6.07, 6.45) is 2.40. The van der Waals surface area contributed by atoms with Gasteiger partial charge in [-0.2, -0.15) is 0 Å². The molecule has 4 bridgehead atoms. The molecule has 2 aliphatic heterocycles. The van der Waals surface area contributed by atoms with E-state index in [1.807, 2.05) is 0 Å². The van der Waals surface area contributed by atoms with Crippen LogP contribution in [0.1, 0.15) is 60.8 Å². The maximum absolute atomic E-state index is 3.92. The van der Waals surface area contributed by atoms with Gasteiger partial charge in [-0.25, -0.2) is 0 Å². The smallest absolute Gasteiger partial charge is 0.0578 e. The highest BCUT2D eigenvalue weighted by Crippen LogP contribution is 2.61. The van der Waals surface area contributed by atoms with Gasteiger partial charge >= 0.3 is 0 Å². The zero-order valence-corrected chi connectivity index (χ0v) is 15.0. The van der Waals surface area contributed by atoms with E-state index in [-0.39, 0.29) is 11.1 Å². The van der Waals surface area contributed by atoms with Crippen LogP contribution in [0, 0.1) is 13.8 Å². The first kappa shape index (κ1) is 14.4. The molecular weight excluding hydrogens is 292 g/mol. The molecule has 5 rings (SSSR count). The lowest BCUT2D eigenvalue weighted by atomic mass is 9.54. The predicted molar refractivity (Wildman–Crippen MR) is 101 cm³/mol. The van der Waals surface area contributed by atoms with Crippen molar-refractivity contribution in [1.29, 1.82) is 0 Å². The molecule has 1 aliphatic carbocycles. The molecule has 2 aromatic carbocycles. The fourth-order valence-corrected chi connectivity index (χ4v) is 5.44. The Morgan fingerprint density at radius 1 is 0.750 bits per heavy atom. The van der Waals surface area contributed by atoms with E-state index in [0.29, 0.717) is 11.8 Å². The zero-order chi connectivity index (χ0) is 16.7. The highest BCUT2D eigenvalue weighted by molar-refractivity contribution is 5.68. The van der Waals surface area contributed by atoms with E-state index in [1.165, 1.54) is 46.5 Å². The number of hydrogen-bond acceptors (Lipinski definition) is 2. The number of hydrogen-bond donors (Lipinski definition) is 2. The van der Waals surface area contributed by atoms with Crippen LogP contribution in [0.4, 0.5) is 11.4 Å². The van der Waals surface area contributed by atoms with Crippen molar-refractivity contribution in [2.24, 2.45) is 0 Å². The second-order valence-electron chi connectivity index (χ2n) is 8.72. The fraction of sp³-hybridized carbons (Fsp3) is 0.455. The molecule has 0 amide bonds. The monoisotopic (exact) mass is 318 g/mol. The number of rotatable bonds is 0. The molecule has 1 fully saturated rings. The van der Waals surface area contributed by atoms with Gasteiger partial charge in [-0.05, 0) is 86.8 Å². The van der Waals surface area contributed by atoms with E-state index in [2.05, 4.69) is 74.7 Å². The largest absolute Gasteiger partial charge is 0.377 e. The van der Waals surface area contributed by atoms with Gasteiger partial charge in [-0.1, -0.05) is 24.3 Å². The van der Waals surface area contributed by atoms with Crippen molar-refractivity contribution < 1.29 is 0 Å². The molecule has 2 heterocycles. The molecule has 124 valence electrons. The van der Waals surface area contributed by atoms with E-state index in [4.69, 9.17) is 0 Å². The van der Waals surface area contributed by atoms with E-state index in [1.54, 1.807) is 0 Å². The molecule has 2 nitrogen and oxygen atoms in total. The molecule has 24 heavy (non-hydrogen) atoms. The summed E-state index contributed by atoms with van der Waals surface area (Å²) < 4.78 is 0. The topological polar surface area (TPSA) is 24.1 Å². The van der Waals surface area contributed by atoms with Gasteiger partial charge in [0, 0.05) is 11.4 Å². The third-order valence-corrected chi connectivity index (χ3v) is 7.00. The first-order chi connectivity index (χ1) is 11.4. The molecule has 0 unspecified atom stereocenters. The minimum Gasteiger partial charge on any atom is -0.377 e. The molecule has 1 saturated carbocycles. The van der Waals surface area contributed by atoms with E-state index in [0.717, 1.165) is 0 Å². The van der Waals surface area contributed by atoms with Crippen LogP contribution in [0.15, 0.2) is 36.4 Å². The first-order valence-electron chi connectivity index (χ1n) is 9.16. The SMILES string of the molecule is Cc1ccc2c(c1)N[C@]1(C)C[C@H]2[C@@H]2C[C@@]1(C)Nc1cc(C)ccc12. The highest BCUT2D eigenvalue weighted by Gasteiger charge is 2.58. The summed E-state index contributed by atoms with van der Waals surface area (Å²) in [4.78, 5) is 0. The molecule has 0 aromatic heterocycles. The van der Waals surface area contributed by atoms with Crippen molar-refractivity contribution in [2.75, 3.05) is 10.6 Å². The average Bonchev–Trinajstić information content (AvgIpc) is 2.51. The summed E-state index contributed by atoms with van der Waals surface area (Å²) in [5, 5.41) is 7.85. The zero-order valence-electron chi connectivity index (χ0n) is 15.0. The number of benzene rings is 2. The Kier molecular flexibility index (Phi) is 2.61. The summed E-state index contributed by atoms with van der Waals surface area (Å²) in [5.41, 5.74) is 8.56. The van der Waals surface area contributed by atoms with Crippen LogP contribution in [0.25, 0.3) is 0 Å². The van der Waals surface area contributed by atoms with Crippen molar-refractivity contribution in [3.05, 3.63) is 58.7 Å². The van der Waals surface area contributed by atoms with Crippen LogP contribution in [-0.2, 0) is 0 Å². The third kappa shape index (κ3) is 1.72. The molecule has 2 heteroatoms. The lowest BCUT2D eigenvalue weighted by Gasteiger charge is -2.62. The minimum atomic E-state index is 0.0798. The van der Waals surface area contributed by atoms with Gasteiger partial charge < -0.3 is 10.6 Å². The molecule has 0 spiro atoms. The Balaban J connectivity index is 1.75. The van der Waals surface area contributed by atoms with Crippen LogP contribution in [0.3, 0.4) is 0 Å². The third-order valence-electron chi connectivity index (χ3n) is 7.00. The quantitative estimate of drug-likeness (QED) is 0.686. The van der Waals surface area contributed by atoms with Crippen LogP contribution in [0.2, 0.25) is 0 Å². The van der Waals surface area contributed by atoms with Crippen molar-refractivity contribution in [1.82, 2.24) is 0 Å². The van der Waals surface area contributed by atoms with E-state index < -0.39 is 0 Å². The Labute approximate surface area is 144 Å². The maximum atomic E-state index is 3.92. The van der Waals surface area contributed by atoms with Crippen molar-refractivity contribution in [3.63, 3.8) is 0 Å². The van der Waals surface area contributed by atoms with Gasteiger partial charge in [-0.15, -0.1) is 0 Å². The van der Waals surface area contributed by atoms with E-state index in [9.17, 15) is 0 Å². The van der Waals surface area contributed by atoms with E-state index >= 15 is 0 Å². The minimum absolute atomic E-state index is 0.0798. The first-order valence-corrected chi connectivity index (χ1v) is 9.16. The standard InChI is InChI=1S/C22H26N2/c1-13-5-7-15-17-11-21(3,23-19(15)9-13)22(4)12-18(17)16-8-6-14(2)10-20(16)24-22/h5-10,17-18,23-24H,11-12H2,1-4H3/t17-,18-,21-,22-/m1/s1. The number of anilines is 2. The molecule has 0 radical (unpaired) electrons. The Hall–Kier alpha value is -1.96. The summed E-state index contributed by atoms with van der Waals surface area (Å²) in [6, 6.07) is 13.9. The van der Waals surface area contributed by atoms with Crippen molar-refractivity contribution >= 4 is 11.4 Å². The lowest BCUT2D eigenvalue weighted by molar-refractivity contribution is 0.164. The highest BCUT2D eigenvalue weighted by atomic mass is 15.1. The second kappa shape index (κ2) is 4.36. The Morgan fingerprint density at radius 2 is 1.17 bits per heavy atom. The van der Waals surface area contributed by atoms with Crippen molar-refractivity contribution in [3.8, 4) is 0 Å². The molecule has 2 aromatic rings. The molecular formula is C22H26N2. The van der Waals surface area contributed by atoms with Gasteiger partial charge in [0.1, 0.15) is 0 Å². The molecule has 4 atom stereocenters. The normalized spacial score (nSPS) is 35.3. The number of aryl methyl sites for hydroxylation is 2. The predicted octanol–water partition coefficient (Wildman–Crippen LogP) is 5.33. The summed E-state index contributed by atoms with van der Waals surface area (Å²) in [6.45, 7) is 9.20. The summed E-state index contributed by atoms with van der Waals surface area (Å²) in [7, 11) is 0. The summed E-state index contributed by atoms with van der Waals surface area (Å²) >= 11 is 0. The summed E-state index contributed by atoms with van der Waals surface area (Å²) in [5.74, 6) is 1.23. The van der Waals surface area contributed by atoms with Crippen LogP contribution < -0.4 is 10.6 Å². The van der Waals surface area contributed by atoms with Crippen LogP contribution in [-0.4, -0.2) is 11.1 Å². The van der Waals surface area contributed by atoms with Crippen LogP contribution in [0.5, 0.6) is 0 Å². The van der Waals surface area contributed by atoms with Gasteiger partial charge in [0.2, 0.25) is 0 Å². The Morgan fingerprint density at radius 3 is 1.58 bits per heavy atom. The average molecular weight is 318 g/mol. The van der Waals surface area contributed by atoms with Crippen LogP contribution >= 0.6 is 0 Å². The number of fused-ring (bicyclic) bond motifs is 10. The molecule has 0 saturated heterocycles. The van der Waals surface area contributed by atoms with Crippen molar-refractivity contribution in [2.45, 2.75) is 63.5 Å². The fourth-order valence-electron chi connectivity index (χ4n) is 5.44.